The van der Waals surface area contributed by atoms with Gasteiger partial charge in [0.15, 0.2) is 0 Å². The molecule has 4 heteroatoms. The van der Waals surface area contributed by atoms with Gasteiger partial charge in [-0.05, 0) is 77.1 Å². The highest BCUT2D eigenvalue weighted by molar-refractivity contribution is 5.85. The number of alkyl halides is 3. The maximum absolute atomic E-state index is 13.2. The Kier molecular flexibility index (Phi) is 4.40. The second-order valence-corrected chi connectivity index (χ2v) is 8.70. The highest BCUT2D eigenvalue weighted by atomic mass is 19.4. The average molecular weight is 383 g/mol. The quantitative estimate of drug-likeness (QED) is 0.554. The van der Waals surface area contributed by atoms with Crippen molar-refractivity contribution in [3.8, 4) is 0 Å². The summed E-state index contributed by atoms with van der Waals surface area (Å²) in [6.45, 7) is 8.24. The van der Waals surface area contributed by atoms with Gasteiger partial charge >= 0.3 is 6.18 Å². The van der Waals surface area contributed by atoms with Crippen molar-refractivity contribution in [2.45, 2.75) is 45.7 Å². The van der Waals surface area contributed by atoms with E-state index in [1.807, 2.05) is 0 Å². The fourth-order valence-corrected chi connectivity index (χ4v) is 4.31. The van der Waals surface area contributed by atoms with Crippen LogP contribution in [-0.2, 0) is 19.0 Å². The monoisotopic (exact) mass is 383 g/mol. The van der Waals surface area contributed by atoms with Crippen LogP contribution in [0.1, 0.15) is 54.5 Å². The lowest BCUT2D eigenvalue weighted by Gasteiger charge is -2.34. The minimum atomic E-state index is -4.31. The van der Waals surface area contributed by atoms with Crippen molar-refractivity contribution in [3.05, 3.63) is 76.5 Å². The van der Waals surface area contributed by atoms with Crippen LogP contribution in [0, 0.1) is 5.41 Å². The first-order valence-corrected chi connectivity index (χ1v) is 9.60. The summed E-state index contributed by atoms with van der Waals surface area (Å²) in [6, 6.07) is 10.5. The average Bonchev–Trinajstić information content (AvgIpc) is 2.59. The molecule has 0 saturated heterocycles. The Balaban J connectivity index is 1.76. The third-order valence-corrected chi connectivity index (χ3v) is 5.60. The van der Waals surface area contributed by atoms with E-state index in [9.17, 15) is 13.2 Å². The highest BCUT2D eigenvalue weighted by Gasteiger charge is 2.34. The largest absolute Gasteiger partial charge is 0.416 e. The Morgan fingerprint density at radius 3 is 2.54 bits per heavy atom. The molecule has 4 rings (SSSR count). The zero-order valence-corrected chi connectivity index (χ0v) is 16.2. The summed E-state index contributed by atoms with van der Waals surface area (Å²) < 4.78 is 39.5. The van der Waals surface area contributed by atoms with Crippen molar-refractivity contribution < 1.29 is 13.2 Å². The van der Waals surface area contributed by atoms with Crippen LogP contribution >= 0.6 is 0 Å². The number of halogens is 3. The van der Waals surface area contributed by atoms with Gasteiger partial charge in [-0.15, -0.1) is 0 Å². The van der Waals surface area contributed by atoms with E-state index in [1.165, 1.54) is 17.7 Å². The summed E-state index contributed by atoms with van der Waals surface area (Å²) in [6.07, 6.45) is 1.21. The predicted molar refractivity (Wildman–Crippen MR) is 109 cm³/mol. The molecule has 0 atom stereocenters. The minimum Gasteiger partial charge on any atom is -0.359 e. The topological polar surface area (TPSA) is 12.0 Å². The SMILES string of the molecule is C=C1CCc2ccc(/C=C3\CC(C)(C)Cc4cc(C(F)(F)F)ccc43)cc2N1. The number of hydrogen-bond acceptors (Lipinski definition) is 1. The molecule has 0 saturated carbocycles. The molecule has 0 fully saturated rings. The molecule has 1 N–H and O–H groups in total. The van der Waals surface area contributed by atoms with E-state index < -0.39 is 11.7 Å². The Morgan fingerprint density at radius 2 is 1.79 bits per heavy atom. The lowest BCUT2D eigenvalue weighted by molar-refractivity contribution is -0.137. The molecular formula is C24H24F3N. The van der Waals surface area contributed by atoms with Crippen molar-refractivity contribution in [3.63, 3.8) is 0 Å². The maximum atomic E-state index is 13.2. The molecule has 0 aromatic heterocycles. The van der Waals surface area contributed by atoms with E-state index in [0.29, 0.717) is 6.42 Å². The van der Waals surface area contributed by atoms with Crippen molar-refractivity contribution in [2.24, 2.45) is 5.41 Å². The zero-order valence-electron chi connectivity index (χ0n) is 16.2. The molecule has 1 aliphatic carbocycles. The molecule has 0 unspecified atom stereocenters. The Labute approximate surface area is 164 Å². The summed E-state index contributed by atoms with van der Waals surface area (Å²) in [5.41, 5.74) is 6.57. The summed E-state index contributed by atoms with van der Waals surface area (Å²) in [5, 5.41) is 3.35. The van der Waals surface area contributed by atoms with E-state index >= 15 is 0 Å². The molecule has 146 valence electrons. The third-order valence-electron chi connectivity index (χ3n) is 5.60. The van der Waals surface area contributed by atoms with Crippen LogP contribution in [0.4, 0.5) is 18.9 Å². The van der Waals surface area contributed by atoms with Gasteiger partial charge in [0.25, 0.3) is 0 Å². The molecule has 2 aromatic carbocycles. The van der Waals surface area contributed by atoms with Gasteiger partial charge < -0.3 is 5.32 Å². The van der Waals surface area contributed by atoms with Gasteiger partial charge in [-0.3, -0.25) is 0 Å². The van der Waals surface area contributed by atoms with Gasteiger partial charge in [-0.1, -0.05) is 44.7 Å². The van der Waals surface area contributed by atoms with Crippen LogP contribution < -0.4 is 5.32 Å². The first-order chi connectivity index (χ1) is 13.1. The smallest absolute Gasteiger partial charge is 0.359 e. The summed E-state index contributed by atoms with van der Waals surface area (Å²) in [5.74, 6) is 0. The number of anilines is 1. The fraction of sp³-hybridized carbons (Fsp3) is 0.333. The maximum Gasteiger partial charge on any atom is 0.416 e. The Bertz CT molecular complexity index is 980. The molecule has 1 aliphatic heterocycles. The van der Waals surface area contributed by atoms with Crippen LogP contribution in [-0.4, -0.2) is 0 Å². The number of rotatable bonds is 1. The second-order valence-electron chi connectivity index (χ2n) is 8.70. The molecule has 2 aliphatic rings. The predicted octanol–water partition coefficient (Wildman–Crippen LogP) is 7.09. The van der Waals surface area contributed by atoms with Gasteiger partial charge in [0.1, 0.15) is 0 Å². The number of benzene rings is 2. The van der Waals surface area contributed by atoms with Gasteiger partial charge in [0.2, 0.25) is 0 Å². The van der Waals surface area contributed by atoms with Crippen LogP contribution in [0.15, 0.2) is 48.7 Å². The third kappa shape index (κ3) is 3.73. The van der Waals surface area contributed by atoms with Gasteiger partial charge in [0.05, 0.1) is 5.56 Å². The normalized spacial score (nSPS) is 19.8. The van der Waals surface area contributed by atoms with E-state index in [1.54, 1.807) is 6.07 Å². The highest BCUT2D eigenvalue weighted by Crippen LogP contribution is 2.44. The van der Waals surface area contributed by atoms with Gasteiger partial charge in [-0.25, -0.2) is 0 Å². The molecule has 1 heterocycles. The Hall–Kier alpha value is -2.49. The van der Waals surface area contributed by atoms with Crippen LogP contribution in [0.5, 0.6) is 0 Å². The lowest BCUT2D eigenvalue weighted by Crippen LogP contribution is -2.22. The number of fused-ring (bicyclic) bond motifs is 2. The number of aryl methyl sites for hydroxylation is 1. The molecule has 1 nitrogen and oxygen atoms in total. The lowest BCUT2D eigenvalue weighted by atomic mass is 9.71. The fourth-order valence-electron chi connectivity index (χ4n) is 4.31. The molecule has 0 radical (unpaired) electrons. The molecule has 0 spiro atoms. The molecule has 2 aromatic rings. The molecule has 28 heavy (non-hydrogen) atoms. The van der Waals surface area contributed by atoms with Crippen molar-refractivity contribution in [1.29, 1.82) is 0 Å². The minimum absolute atomic E-state index is 0.0796. The van der Waals surface area contributed by atoms with Crippen LogP contribution in [0.2, 0.25) is 0 Å². The van der Waals surface area contributed by atoms with E-state index in [4.69, 9.17) is 0 Å². The van der Waals surface area contributed by atoms with Crippen molar-refractivity contribution >= 4 is 17.3 Å². The van der Waals surface area contributed by atoms with Gasteiger partial charge in [0, 0.05) is 11.4 Å². The van der Waals surface area contributed by atoms with E-state index in [-0.39, 0.29) is 5.41 Å². The first kappa shape index (κ1) is 18.9. The van der Waals surface area contributed by atoms with E-state index in [0.717, 1.165) is 52.9 Å². The standard InChI is InChI=1S/C24H24F3N/c1-15-4-6-17-7-5-16(11-22(17)28-15)10-18-13-23(2,3)14-19-12-20(24(25,26)27)8-9-21(18)19/h5,7-12,28H,1,4,6,13-14H2,2-3H3/b18-10+. The first-order valence-electron chi connectivity index (χ1n) is 9.60. The van der Waals surface area contributed by atoms with Gasteiger partial charge in [-0.2, -0.15) is 13.2 Å². The zero-order chi connectivity index (χ0) is 20.1. The summed E-state index contributed by atoms with van der Waals surface area (Å²) in [4.78, 5) is 0. The van der Waals surface area contributed by atoms with Crippen LogP contribution in [0.25, 0.3) is 11.6 Å². The van der Waals surface area contributed by atoms with Crippen molar-refractivity contribution in [1.82, 2.24) is 0 Å². The Morgan fingerprint density at radius 1 is 1.00 bits per heavy atom. The molecular weight excluding hydrogens is 359 g/mol. The number of nitrogens with one attached hydrogen (secondary N) is 1. The molecule has 0 bridgehead atoms. The second kappa shape index (κ2) is 6.54. The number of allylic oxidation sites excluding steroid dienone is 2. The van der Waals surface area contributed by atoms with Crippen molar-refractivity contribution in [2.75, 3.05) is 5.32 Å². The number of hydrogen-bond donors (Lipinski definition) is 1. The summed E-state index contributed by atoms with van der Waals surface area (Å²) in [7, 11) is 0. The summed E-state index contributed by atoms with van der Waals surface area (Å²) >= 11 is 0. The van der Waals surface area contributed by atoms with E-state index in [2.05, 4.69) is 50.0 Å². The van der Waals surface area contributed by atoms with Crippen LogP contribution in [0.3, 0.4) is 0 Å². The molecule has 0 amide bonds.